The number of nitrogens with zero attached hydrogens (tertiary/aromatic N) is 1. The fourth-order valence-corrected chi connectivity index (χ4v) is 4.58. The number of anilines is 1. The number of nitrogens with one attached hydrogen (secondary N) is 1. The smallest absolute Gasteiger partial charge is 0.416 e. The molecule has 3 aromatic rings. The Morgan fingerprint density at radius 3 is 2.14 bits per heavy atom. The van der Waals surface area contributed by atoms with E-state index in [2.05, 4.69) is 5.32 Å². The van der Waals surface area contributed by atoms with Crippen LogP contribution >= 0.6 is 0 Å². The molecule has 0 aliphatic carbocycles. The molecule has 0 heterocycles. The van der Waals surface area contributed by atoms with Crippen LogP contribution in [0.5, 0.6) is 5.75 Å². The Morgan fingerprint density at radius 2 is 1.54 bits per heavy atom. The lowest BCUT2D eigenvalue weighted by Gasteiger charge is -2.25. The van der Waals surface area contributed by atoms with Crippen molar-refractivity contribution in [2.45, 2.75) is 24.9 Å². The molecule has 0 fully saturated rings. The largest absolute Gasteiger partial charge is 0.492 e. The van der Waals surface area contributed by atoms with Gasteiger partial charge in [-0.15, -0.1) is 0 Å². The molecule has 0 aliphatic heterocycles. The lowest BCUT2D eigenvalue weighted by Crippen LogP contribution is -2.42. The van der Waals surface area contributed by atoms with Gasteiger partial charge in [0.2, 0.25) is 5.91 Å². The summed E-state index contributed by atoms with van der Waals surface area (Å²) in [5, 5.41) is 2.55. The van der Waals surface area contributed by atoms with Gasteiger partial charge in [0.15, 0.2) is 0 Å². The summed E-state index contributed by atoms with van der Waals surface area (Å²) in [5.41, 5.74) is 0.577. The lowest BCUT2D eigenvalue weighted by atomic mass is 10.2. The zero-order valence-corrected chi connectivity index (χ0v) is 20.0. The molecule has 10 heteroatoms. The summed E-state index contributed by atoms with van der Waals surface area (Å²) in [6, 6.07) is 17.0. The lowest BCUT2D eigenvalue weighted by molar-refractivity contribution is -0.137. The van der Waals surface area contributed by atoms with Gasteiger partial charge in [0.05, 0.1) is 22.7 Å². The van der Waals surface area contributed by atoms with E-state index in [1.807, 2.05) is 19.1 Å². The van der Waals surface area contributed by atoms with Crippen molar-refractivity contribution in [3.05, 3.63) is 89.5 Å². The van der Waals surface area contributed by atoms with Crippen LogP contribution in [0.3, 0.4) is 0 Å². The molecule has 0 unspecified atom stereocenters. The Bertz CT molecular complexity index is 1260. The molecule has 0 spiro atoms. The molecule has 3 rings (SSSR count). The molecule has 186 valence electrons. The van der Waals surface area contributed by atoms with E-state index in [0.717, 1.165) is 23.3 Å². The summed E-state index contributed by atoms with van der Waals surface area (Å²) in [6.07, 6.45) is -4.68. The highest BCUT2D eigenvalue weighted by Gasteiger charge is 2.33. The fraction of sp³-hybridized carbons (Fsp3) is 0.240. The average molecular weight is 507 g/mol. The van der Waals surface area contributed by atoms with Crippen molar-refractivity contribution in [2.24, 2.45) is 0 Å². The Balaban J connectivity index is 1.78. The van der Waals surface area contributed by atoms with Crippen LogP contribution in [0.25, 0.3) is 0 Å². The number of halogens is 3. The van der Waals surface area contributed by atoms with Crippen LogP contribution in [0.15, 0.2) is 77.7 Å². The van der Waals surface area contributed by atoms with Crippen molar-refractivity contribution >= 4 is 21.6 Å². The predicted molar refractivity (Wildman–Crippen MR) is 127 cm³/mol. The maximum absolute atomic E-state index is 13.3. The van der Waals surface area contributed by atoms with Gasteiger partial charge in [-0.25, -0.2) is 8.42 Å². The number of hydrogen-bond donors (Lipinski definition) is 1. The van der Waals surface area contributed by atoms with E-state index < -0.39 is 34.2 Å². The van der Waals surface area contributed by atoms with Gasteiger partial charge >= 0.3 is 6.18 Å². The SMILES string of the molecule is Cc1ccc(OCCNC(=O)CN(c2cccc(C(F)(F)F)c2)S(=O)(=O)c2ccc(C)cc2)cc1. The minimum atomic E-state index is -4.68. The van der Waals surface area contributed by atoms with E-state index in [1.165, 1.54) is 18.2 Å². The van der Waals surface area contributed by atoms with E-state index in [1.54, 1.807) is 31.2 Å². The summed E-state index contributed by atoms with van der Waals surface area (Å²) in [6.45, 7) is 3.21. The summed E-state index contributed by atoms with van der Waals surface area (Å²) >= 11 is 0. The Hall–Kier alpha value is -3.53. The second-order valence-electron chi connectivity index (χ2n) is 7.88. The van der Waals surface area contributed by atoms with Crippen LogP contribution < -0.4 is 14.4 Å². The number of hydrogen-bond acceptors (Lipinski definition) is 4. The van der Waals surface area contributed by atoms with E-state index in [-0.39, 0.29) is 23.7 Å². The van der Waals surface area contributed by atoms with E-state index >= 15 is 0 Å². The molecular weight excluding hydrogens is 481 g/mol. The number of amides is 1. The number of carbonyl (C=O) groups excluding carboxylic acids is 1. The summed E-state index contributed by atoms with van der Waals surface area (Å²) in [5.74, 6) is -0.0806. The predicted octanol–water partition coefficient (Wildman–Crippen LogP) is 4.71. The molecule has 1 amide bonds. The maximum Gasteiger partial charge on any atom is 0.416 e. The first-order valence-electron chi connectivity index (χ1n) is 10.7. The van der Waals surface area contributed by atoms with Gasteiger partial charge in [-0.05, 0) is 56.3 Å². The van der Waals surface area contributed by atoms with Crippen molar-refractivity contribution in [1.29, 1.82) is 0 Å². The summed E-state index contributed by atoms with van der Waals surface area (Å²) in [7, 11) is -4.33. The second kappa shape index (κ2) is 10.8. The topological polar surface area (TPSA) is 75.7 Å². The van der Waals surface area contributed by atoms with Gasteiger partial charge in [0, 0.05) is 0 Å². The van der Waals surface area contributed by atoms with Crippen LogP contribution in [0.4, 0.5) is 18.9 Å². The average Bonchev–Trinajstić information content (AvgIpc) is 2.81. The molecule has 0 saturated carbocycles. The minimum Gasteiger partial charge on any atom is -0.492 e. The summed E-state index contributed by atoms with van der Waals surface area (Å²) < 4.78 is 72.6. The monoisotopic (exact) mass is 506 g/mol. The fourth-order valence-electron chi connectivity index (χ4n) is 3.17. The molecule has 6 nitrogen and oxygen atoms in total. The van der Waals surface area contributed by atoms with Crippen LogP contribution in [0.2, 0.25) is 0 Å². The molecular formula is C25H25F3N2O4S. The van der Waals surface area contributed by atoms with Crippen molar-refractivity contribution in [2.75, 3.05) is 24.0 Å². The zero-order valence-electron chi connectivity index (χ0n) is 19.2. The van der Waals surface area contributed by atoms with Crippen LogP contribution in [0.1, 0.15) is 16.7 Å². The first-order valence-corrected chi connectivity index (χ1v) is 12.1. The Labute approximate surface area is 202 Å². The van der Waals surface area contributed by atoms with Gasteiger partial charge in [-0.2, -0.15) is 13.2 Å². The number of ether oxygens (including phenoxy) is 1. The van der Waals surface area contributed by atoms with Crippen LogP contribution in [0, 0.1) is 13.8 Å². The number of sulfonamides is 1. The second-order valence-corrected chi connectivity index (χ2v) is 9.75. The van der Waals surface area contributed by atoms with Crippen molar-refractivity contribution in [3.8, 4) is 5.75 Å². The molecule has 0 radical (unpaired) electrons. The first kappa shape index (κ1) is 26.1. The molecule has 0 aromatic heterocycles. The van der Waals surface area contributed by atoms with Gasteiger partial charge in [0.25, 0.3) is 10.0 Å². The molecule has 0 aliphatic rings. The van der Waals surface area contributed by atoms with E-state index in [9.17, 15) is 26.4 Å². The van der Waals surface area contributed by atoms with Crippen molar-refractivity contribution in [1.82, 2.24) is 5.32 Å². The molecule has 0 atom stereocenters. The van der Waals surface area contributed by atoms with Crippen LogP contribution in [-0.4, -0.2) is 34.0 Å². The highest BCUT2D eigenvalue weighted by atomic mass is 32.2. The number of carbonyl (C=O) groups is 1. The van der Waals surface area contributed by atoms with E-state index in [4.69, 9.17) is 4.74 Å². The maximum atomic E-state index is 13.3. The first-order chi connectivity index (χ1) is 16.5. The normalized spacial score (nSPS) is 11.7. The Morgan fingerprint density at radius 1 is 0.943 bits per heavy atom. The quantitative estimate of drug-likeness (QED) is 0.427. The highest BCUT2D eigenvalue weighted by Crippen LogP contribution is 2.33. The van der Waals surface area contributed by atoms with Crippen LogP contribution in [-0.2, 0) is 21.0 Å². The molecule has 3 aromatic carbocycles. The third kappa shape index (κ3) is 6.98. The van der Waals surface area contributed by atoms with Gasteiger partial charge < -0.3 is 10.1 Å². The summed E-state index contributed by atoms with van der Waals surface area (Å²) in [4.78, 5) is 12.5. The zero-order chi connectivity index (χ0) is 25.6. The van der Waals surface area contributed by atoms with Gasteiger partial charge in [-0.1, -0.05) is 41.5 Å². The third-order valence-electron chi connectivity index (χ3n) is 5.07. The van der Waals surface area contributed by atoms with Gasteiger partial charge in [0.1, 0.15) is 18.9 Å². The van der Waals surface area contributed by atoms with E-state index in [0.29, 0.717) is 16.1 Å². The molecule has 0 saturated heterocycles. The Kier molecular flexibility index (Phi) is 8.06. The molecule has 0 bridgehead atoms. The molecule has 1 N–H and O–H groups in total. The third-order valence-corrected chi connectivity index (χ3v) is 6.86. The minimum absolute atomic E-state index is 0.0771. The number of aryl methyl sites for hydroxylation is 2. The van der Waals surface area contributed by atoms with Crippen molar-refractivity contribution < 1.29 is 31.1 Å². The highest BCUT2D eigenvalue weighted by molar-refractivity contribution is 7.92. The van der Waals surface area contributed by atoms with Gasteiger partial charge in [-0.3, -0.25) is 9.10 Å². The number of alkyl halides is 3. The molecule has 35 heavy (non-hydrogen) atoms. The standard InChI is InChI=1S/C25H25F3N2O4S/c1-18-6-10-22(11-7-18)34-15-14-29-24(31)17-30(21-5-3-4-20(16-21)25(26,27)28)35(32,33)23-12-8-19(2)9-13-23/h3-13,16H,14-15,17H2,1-2H3,(H,29,31). The number of benzene rings is 3. The number of rotatable bonds is 9. The van der Waals surface area contributed by atoms with Crippen molar-refractivity contribution in [3.63, 3.8) is 0 Å².